The Morgan fingerprint density at radius 1 is 0.469 bits per heavy atom. The summed E-state index contributed by atoms with van der Waals surface area (Å²) < 4.78 is 0. The molecular formula is C32H42. The highest BCUT2D eigenvalue weighted by Gasteiger charge is 2.32. The van der Waals surface area contributed by atoms with Crippen LogP contribution in [0.5, 0.6) is 0 Å². The Balaban J connectivity index is 1.90. The molecular weight excluding hydrogens is 384 g/mol. The molecule has 0 saturated heterocycles. The van der Waals surface area contributed by atoms with Crippen LogP contribution in [0.3, 0.4) is 0 Å². The Labute approximate surface area is 197 Å². The van der Waals surface area contributed by atoms with Crippen molar-refractivity contribution in [2.75, 3.05) is 0 Å². The van der Waals surface area contributed by atoms with Crippen molar-refractivity contribution in [1.29, 1.82) is 0 Å². The lowest BCUT2D eigenvalue weighted by Gasteiger charge is -2.35. The lowest BCUT2D eigenvalue weighted by molar-refractivity contribution is 0.367. The molecule has 0 N–H and O–H groups in total. The molecule has 3 aromatic rings. The molecule has 0 aliphatic rings. The lowest BCUT2D eigenvalue weighted by Crippen LogP contribution is -2.29. The second kappa shape index (κ2) is 11.5. The quantitative estimate of drug-likeness (QED) is 0.271. The molecule has 3 rings (SSSR count). The van der Waals surface area contributed by atoms with Crippen LogP contribution in [0.15, 0.2) is 84.9 Å². The topological polar surface area (TPSA) is 0 Å². The van der Waals surface area contributed by atoms with Gasteiger partial charge in [0.1, 0.15) is 0 Å². The summed E-state index contributed by atoms with van der Waals surface area (Å²) in [6, 6.07) is 31.9. The van der Waals surface area contributed by atoms with Crippen molar-refractivity contribution in [1.82, 2.24) is 0 Å². The third-order valence-corrected chi connectivity index (χ3v) is 7.69. The summed E-state index contributed by atoms with van der Waals surface area (Å²) in [5.41, 5.74) is 6.36. The van der Waals surface area contributed by atoms with Crippen molar-refractivity contribution in [2.45, 2.75) is 89.9 Å². The number of benzene rings is 3. The Morgan fingerprint density at radius 3 is 1.31 bits per heavy atom. The molecule has 2 atom stereocenters. The number of rotatable bonds is 12. The van der Waals surface area contributed by atoms with Gasteiger partial charge in [0.05, 0.1) is 0 Å². The zero-order valence-corrected chi connectivity index (χ0v) is 20.7. The SMILES string of the molecule is CCCC(CC)(Cc1ccc(C(CC)(CCC)Cc2ccccc2)cc1)c1ccccc1. The summed E-state index contributed by atoms with van der Waals surface area (Å²) in [5, 5.41) is 0. The molecule has 0 heterocycles. The predicted octanol–water partition coefficient (Wildman–Crippen LogP) is 9.07. The normalized spacial score (nSPS) is 15.1. The van der Waals surface area contributed by atoms with Gasteiger partial charge in [-0.3, -0.25) is 0 Å². The molecule has 0 saturated carbocycles. The van der Waals surface area contributed by atoms with Crippen LogP contribution in [-0.2, 0) is 23.7 Å². The second-order valence-corrected chi connectivity index (χ2v) is 9.67. The maximum Gasteiger partial charge on any atom is -0.000937 e. The molecule has 0 aliphatic carbocycles. The van der Waals surface area contributed by atoms with Gasteiger partial charge in [-0.05, 0) is 71.6 Å². The van der Waals surface area contributed by atoms with E-state index in [-0.39, 0.29) is 10.8 Å². The van der Waals surface area contributed by atoms with Gasteiger partial charge in [0.15, 0.2) is 0 Å². The van der Waals surface area contributed by atoms with Crippen molar-refractivity contribution in [3.8, 4) is 0 Å². The summed E-state index contributed by atoms with van der Waals surface area (Å²) in [6.07, 6.45) is 9.49. The Bertz CT molecular complexity index is 909. The fourth-order valence-corrected chi connectivity index (χ4v) is 5.78. The highest BCUT2D eigenvalue weighted by Crippen LogP contribution is 2.39. The van der Waals surface area contributed by atoms with Crippen molar-refractivity contribution in [3.05, 3.63) is 107 Å². The zero-order chi connectivity index (χ0) is 22.9. The molecule has 0 bridgehead atoms. The summed E-state index contributed by atoms with van der Waals surface area (Å²) in [4.78, 5) is 0. The van der Waals surface area contributed by atoms with Crippen molar-refractivity contribution >= 4 is 0 Å². The van der Waals surface area contributed by atoms with E-state index in [4.69, 9.17) is 0 Å². The smallest absolute Gasteiger partial charge is 0.000937 e. The van der Waals surface area contributed by atoms with Gasteiger partial charge in [0.2, 0.25) is 0 Å². The van der Waals surface area contributed by atoms with Crippen LogP contribution in [-0.4, -0.2) is 0 Å². The average Bonchev–Trinajstić information content (AvgIpc) is 2.85. The minimum atomic E-state index is 0.222. The van der Waals surface area contributed by atoms with Gasteiger partial charge in [0, 0.05) is 0 Å². The first-order valence-electron chi connectivity index (χ1n) is 12.8. The van der Waals surface area contributed by atoms with Crippen molar-refractivity contribution in [3.63, 3.8) is 0 Å². The summed E-state index contributed by atoms with van der Waals surface area (Å²) in [5.74, 6) is 0. The van der Waals surface area contributed by atoms with E-state index in [9.17, 15) is 0 Å². The summed E-state index contributed by atoms with van der Waals surface area (Å²) >= 11 is 0. The first kappa shape index (κ1) is 24.3. The minimum absolute atomic E-state index is 0.222. The molecule has 2 unspecified atom stereocenters. The van der Waals surface area contributed by atoms with Crippen molar-refractivity contribution in [2.24, 2.45) is 0 Å². The third-order valence-electron chi connectivity index (χ3n) is 7.69. The second-order valence-electron chi connectivity index (χ2n) is 9.67. The molecule has 0 amide bonds. The van der Waals surface area contributed by atoms with Crippen molar-refractivity contribution < 1.29 is 0 Å². The minimum Gasteiger partial charge on any atom is -0.0654 e. The van der Waals surface area contributed by atoms with Gasteiger partial charge >= 0.3 is 0 Å². The van der Waals surface area contributed by atoms with Gasteiger partial charge in [-0.25, -0.2) is 0 Å². The molecule has 170 valence electrons. The van der Waals surface area contributed by atoms with Gasteiger partial charge in [-0.2, -0.15) is 0 Å². The number of hydrogen-bond acceptors (Lipinski definition) is 0. The Hall–Kier alpha value is -2.34. The molecule has 0 fully saturated rings. The van der Waals surface area contributed by atoms with Crippen LogP contribution in [0.2, 0.25) is 0 Å². The lowest BCUT2D eigenvalue weighted by atomic mass is 9.69. The Kier molecular flexibility index (Phi) is 8.74. The van der Waals surface area contributed by atoms with Crippen LogP contribution in [0.4, 0.5) is 0 Å². The van der Waals surface area contributed by atoms with Crippen LogP contribution < -0.4 is 0 Å². The van der Waals surface area contributed by atoms with Gasteiger partial charge < -0.3 is 0 Å². The molecule has 0 heteroatoms. The highest BCUT2D eigenvalue weighted by atomic mass is 14.4. The van der Waals surface area contributed by atoms with Crippen LogP contribution >= 0.6 is 0 Å². The van der Waals surface area contributed by atoms with E-state index in [1.54, 1.807) is 0 Å². The van der Waals surface area contributed by atoms with E-state index in [0.29, 0.717) is 0 Å². The third kappa shape index (κ3) is 5.52. The summed E-state index contributed by atoms with van der Waals surface area (Å²) in [6.45, 7) is 9.37. The molecule has 0 aromatic heterocycles. The van der Waals surface area contributed by atoms with E-state index in [0.717, 1.165) is 12.8 Å². The number of hydrogen-bond donors (Lipinski definition) is 0. The molecule has 0 spiro atoms. The van der Waals surface area contributed by atoms with E-state index in [1.165, 1.54) is 60.8 Å². The molecule has 3 aromatic carbocycles. The average molecular weight is 427 g/mol. The predicted molar refractivity (Wildman–Crippen MR) is 140 cm³/mol. The maximum atomic E-state index is 2.44. The first-order valence-corrected chi connectivity index (χ1v) is 12.8. The van der Waals surface area contributed by atoms with Gasteiger partial charge in [0.25, 0.3) is 0 Å². The molecule has 0 nitrogen and oxygen atoms in total. The highest BCUT2D eigenvalue weighted by molar-refractivity contribution is 5.35. The van der Waals surface area contributed by atoms with E-state index in [1.807, 2.05) is 0 Å². The molecule has 0 aliphatic heterocycles. The summed E-state index contributed by atoms with van der Waals surface area (Å²) in [7, 11) is 0. The van der Waals surface area contributed by atoms with Crippen LogP contribution in [0, 0.1) is 0 Å². The van der Waals surface area contributed by atoms with E-state index < -0.39 is 0 Å². The maximum absolute atomic E-state index is 2.44. The molecule has 0 radical (unpaired) electrons. The zero-order valence-electron chi connectivity index (χ0n) is 20.7. The van der Waals surface area contributed by atoms with E-state index >= 15 is 0 Å². The van der Waals surface area contributed by atoms with Crippen LogP contribution in [0.25, 0.3) is 0 Å². The molecule has 32 heavy (non-hydrogen) atoms. The fraction of sp³-hybridized carbons (Fsp3) is 0.438. The standard InChI is InChI=1S/C32H42/c1-5-23-31(7-3,29-17-13-10-14-18-29)26-28-19-21-30(22-20-28)32(8-4,24-6-2)25-27-15-11-9-12-16-27/h9-22H,5-8,23-26H2,1-4H3. The van der Waals surface area contributed by atoms with E-state index in [2.05, 4.69) is 113 Å². The monoisotopic (exact) mass is 426 g/mol. The fourth-order valence-electron chi connectivity index (χ4n) is 5.78. The Morgan fingerprint density at radius 2 is 0.875 bits per heavy atom. The van der Waals surface area contributed by atoms with Gasteiger partial charge in [-0.15, -0.1) is 0 Å². The largest absolute Gasteiger partial charge is 0.0654 e. The van der Waals surface area contributed by atoms with Crippen LogP contribution in [0.1, 0.15) is 88.5 Å². The first-order chi connectivity index (χ1) is 15.6. The van der Waals surface area contributed by atoms with Gasteiger partial charge in [-0.1, -0.05) is 125 Å².